The molecule has 1 aliphatic carbocycles. The van der Waals surface area contributed by atoms with Gasteiger partial charge in [-0.1, -0.05) is 24.3 Å². The summed E-state index contributed by atoms with van der Waals surface area (Å²) in [5.74, 6) is -0.0963. The standard InChI is InChI=1S/C34H40N8O5/c1-34(2,3)47-33(46)36-19-22-6-10-25(11-7-22)31(44)38-28(18-21-4-8-23(9-5-21)26-14-17-29(43)35-20-26)32(45)37-27-15-12-24(13-16-27)30-39-41-42-40-30/h4-5,8-9,12-17,20,22,25,28H,6-7,10-11,18-19H2,1-3H3,(H,35,43)(H,36,46)(H,37,45)(H,38,44)(H,39,40,41,42)/t22?,25?,28-/m0/s1. The van der Waals surface area contributed by atoms with Crippen molar-refractivity contribution in [3.8, 4) is 28.4 Å². The van der Waals surface area contributed by atoms with Gasteiger partial charge in [-0.2, -0.15) is 5.21 Å². The molecular weight excluding hydrogens is 600 g/mol. The highest BCUT2D eigenvalue weighted by Crippen LogP contribution is 2.29. The van der Waals surface area contributed by atoms with Crippen LogP contribution < -0.4 is 16.0 Å². The lowest BCUT2D eigenvalue weighted by Gasteiger charge is -2.29. The topological polar surface area (TPSA) is 184 Å². The molecule has 2 aromatic heterocycles. The van der Waals surface area contributed by atoms with Crippen molar-refractivity contribution in [1.82, 2.24) is 36.2 Å². The molecule has 5 rings (SSSR count). The Hall–Kier alpha value is -5.33. The summed E-state index contributed by atoms with van der Waals surface area (Å²) in [7, 11) is 0. The molecule has 0 spiro atoms. The summed E-state index contributed by atoms with van der Waals surface area (Å²) < 4.78 is 5.33. The quantitative estimate of drug-likeness (QED) is 0.165. The summed E-state index contributed by atoms with van der Waals surface area (Å²) in [5.41, 5.74) is 3.36. The second-order valence-electron chi connectivity index (χ2n) is 12.8. The number of aromatic amines is 1. The van der Waals surface area contributed by atoms with Gasteiger partial charge in [0.25, 0.3) is 0 Å². The van der Waals surface area contributed by atoms with E-state index in [0.29, 0.717) is 30.9 Å². The van der Waals surface area contributed by atoms with Crippen LogP contribution in [-0.2, 0) is 20.7 Å². The lowest BCUT2D eigenvalue weighted by Crippen LogP contribution is -2.48. The Kier molecular flexibility index (Phi) is 10.4. The molecule has 0 radical (unpaired) electrons. The van der Waals surface area contributed by atoms with Gasteiger partial charge in [-0.15, -0.1) is 10.2 Å². The molecule has 246 valence electrons. The summed E-state index contributed by atoms with van der Waals surface area (Å²) in [4.78, 5) is 43.1. The predicted molar refractivity (Wildman–Crippen MR) is 175 cm³/mol. The third kappa shape index (κ3) is 9.58. The molecule has 13 nitrogen and oxygen atoms in total. The number of pyridine rings is 1. The van der Waals surface area contributed by atoms with Crippen LogP contribution in [0.25, 0.3) is 22.5 Å². The number of aromatic hydroxyl groups is 1. The van der Waals surface area contributed by atoms with Gasteiger partial charge in [0, 0.05) is 48.0 Å². The van der Waals surface area contributed by atoms with Gasteiger partial charge in [-0.05, 0) is 99.0 Å². The zero-order chi connectivity index (χ0) is 33.4. The highest BCUT2D eigenvalue weighted by molar-refractivity contribution is 5.97. The Bertz CT molecular complexity index is 1630. The van der Waals surface area contributed by atoms with Crippen LogP contribution in [0.4, 0.5) is 10.5 Å². The van der Waals surface area contributed by atoms with Gasteiger partial charge in [0.1, 0.15) is 11.6 Å². The van der Waals surface area contributed by atoms with Gasteiger partial charge in [0.05, 0.1) is 0 Å². The Balaban J connectivity index is 1.22. The van der Waals surface area contributed by atoms with Crippen molar-refractivity contribution in [1.29, 1.82) is 0 Å². The maximum Gasteiger partial charge on any atom is 0.407 e. The molecule has 5 N–H and O–H groups in total. The third-order valence-electron chi connectivity index (χ3n) is 8.02. The van der Waals surface area contributed by atoms with Gasteiger partial charge >= 0.3 is 6.09 Å². The SMILES string of the molecule is CC(C)(C)OC(=O)NCC1CCC(C(=O)N[C@@H](Cc2ccc(-c3ccc(O)nc3)cc2)C(=O)Nc2ccc(-c3nn[nH]n3)cc2)CC1. The van der Waals surface area contributed by atoms with Crippen LogP contribution in [-0.4, -0.2) is 66.8 Å². The number of carbonyl (C=O) groups is 3. The van der Waals surface area contributed by atoms with Crippen molar-refractivity contribution >= 4 is 23.6 Å². The number of rotatable bonds is 10. The van der Waals surface area contributed by atoms with Gasteiger partial charge in [0.2, 0.25) is 23.5 Å². The van der Waals surface area contributed by atoms with E-state index < -0.39 is 17.7 Å². The number of nitrogens with one attached hydrogen (secondary N) is 4. The molecule has 1 atom stereocenters. The smallest absolute Gasteiger partial charge is 0.407 e. The number of ether oxygens (including phenoxy) is 1. The van der Waals surface area contributed by atoms with Crippen LogP contribution in [0.1, 0.15) is 52.0 Å². The van der Waals surface area contributed by atoms with E-state index in [2.05, 4.69) is 41.6 Å². The van der Waals surface area contributed by atoms with E-state index in [4.69, 9.17) is 4.74 Å². The highest BCUT2D eigenvalue weighted by atomic mass is 16.6. The van der Waals surface area contributed by atoms with Crippen LogP contribution in [0.3, 0.4) is 0 Å². The Morgan fingerprint density at radius 3 is 2.23 bits per heavy atom. The number of alkyl carbamates (subject to hydrolysis) is 1. The number of hydrogen-bond donors (Lipinski definition) is 5. The molecule has 1 fully saturated rings. The van der Waals surface area contributed by atoms with Crippen LogP contribution in [0.15, 0.2) is 66.9 Å². The number of nitrogens with zero attached hydrogens (tertiary/aromatic N) is 4. The number of carbonyl (C=O) groups excluding carboxylic acids is 3. The molecule has 1 saturated carbocycles. The van der Waals surface area contributed by atoms with Crippen LogP contribution in [0.5, 0.6) is 5.88 Å². The molecule has 3 amide bonds. The second kappa shape index (κ2) is 14.8. The van der Waals surface area contributed by atoms with E-state index in [1.807, 2.05) is 45.0 Å². The molecule has 0 unspecified atom stereocenters. The zero-order valence-corrected chi connectivity index (χ0v) is 26.7. The van der Waals surface area contributed by atoms with Gasteiger partial charge in [0.15, 0.2) is 0 Å². The first-order valence-electron chi connectivity index (χ1n) is 15.7. The maximum absolute atomic E-state index is 13.6. The number of tetrazole rings is 1. The van der Waals surface area contributed by atoms with E-state index in [9.17, 15) is 19.5 Å². The Labute approximate surface area is 272 Å². The summed E-state index contributed by atoms with van der Waals surface area (Å²) in [6.07, 6.45) is 4.32. The number of benzene rings is 2. The Morgan fingerprint density at radius 1 is 0.936 bits per heavy atom. The molecule has 1 aliphatic rings. The monoisotopic (exact) mass is 640 g/mol. The first-order chi connectivity index (χ1) is 22.5. The lowest BCUT2D eigenvalue weighted by atomic mass is 9.81. The molecule has 2 aromatic carbocycles. The number of anilines is 1. The molecule has 4 aromatic rings. The van der Waals surface area contributed by atoms with Crippen LogP contribution in [0.2, 0.25) is 0 Å². The minimum Gasteiger partial charge on any atom is -0.493 e. The molecule has 0 saturated heterocycles. The van der Waals surface area contributed by atoms with Crippen LogP contribution in [0, 0.1) is 11.8 Å². The highest BCUT2D eigenvalue weighted by Gasteiger charge is 2.30. The molecule has 2 heterocycles. The zero-order valence-electron chi connectivity index (χ0n) is 26.7. The summed E-state index contributed by atoms with van der Waals surface area (Å²) in [6.45, 7) is 5.96. The molecule has 0 aliphatic heterocycles. The van der Waals surface area contributed by atoms with Gasteiger partial charge in [-0.3, -0.25) is 9.59 Å². The van der Waals surface area contributed by atoms with E-state index >= 15 is 0 Å². The average Bonchev–Trinajstić information content (AvgIpc) is 3.59. The number of H-pyrrole nitrogens is 1. The van der Waals surface area contributed by atoms with Crippen molar-refractivity contribution in [3.63, 3.8) is 0 Å². The minimum absolute atomic E-state index is 0.0506. The van der Waals surface area contributed by atoms with Crippen molar-refractivity contribution in [2.45, 2.75) is 64.5 Å². The van der Waals surface area contributed by atoms with Crippen molar-refractivity contribution in [3.05, 3.63) is 72.4 Å². The largest absolute Gasteiger partial charge is 0.493 e. The molecule has 47 heavy (non-hydrogen) atoms. The van der Waals surface area contributed by atoms with Crippen molar-refractivity contribution < 1.29 is 24.2 Å². The molecule has 13 heteroatoms. The van der Waals surface area contributed by atoms with E-state index in [-0.39, 0.29) is 36.0 Å². The Morgan fingerprint density at radius 2 is 1.62 bits per heavy atom. The van der Waals surface area contributed by atoms with E-state index in [0.717, 1.165) is 35.1 Å². The predicted octanol–water partition coefficient (Wildman–Crippen LogP) is 4.63. The van der Waals surface area contributed by atoms with Crippen molar-refractivity contribution in [2.75, 3.05) is 11.9 Å². The number of aromatic nitrogens is 5. The lowest BCUT2D eigenvalue weighted by molar-refractivity contribution is -0.130. The third-order valence-corrected chi connectivity index (χ3v) is 8.02. The van der Waals surface area contributed by atoms with Crippen molar-refractivity contribution in [2.24, 2.45) is 11.8 Å². The fourth-order valence-electron chi connectivity index (χ4n) is 5.51. The molecule has 0 bridgehead atoms. The number of hydrogen-bond acceptors (Lipinski definition) is 9. The van der Waals surface area contributed by atoms with Gasteiger partial charge in [-0.25, -0.2) is 9.78 Å². The fourth-order valence-corrected chi connectivity index (χ4v) is 5.51. The summed E-state index contributed by atoms with van der Waals surface area (Å²) in [6, 6.07) is 17.2. The maximum atomic E-state index is 13.6. The average molecular weight is 641 g/mol. The van der Waals surface area contributed by atoms with E-state index in [1.54, 1.807) is 36.5 Å². The molecular formula is C34H40N8O5. The number of amides is 3. The fraction of sp³-hybridized carbons (Fsp3) is 0.382. The first-order valence-corrected chi connectivity index (χ1v) is 15.7. The van der Waals surface area contributed by atoms with Gasteiger partial charge < -0.3 is 25.8 Å². The normalized spacial score (nSPS) is 16.9. The van der Waals surface area contributed by atoms with Crippen LogP contribution >= 0.6 is 0 Å². The second-order valence-corrected chi connectivity index (χ2v) is 12.8. The first kappa shape index (κ1) is 33.0. The summed E-state index contributed by atoms with van der Waals surface area (Å²) in [5, 5.41) is 32.2. The summed E-state index contributed by atoms with van der Waals surface area (Å²) >= 11 is 0. The van der Waals surface area contributed by atoms with E-state index in [1.165, 1.54) is 6.07 Å². The minimum atomic E-state index is -0.827.